The van der Waals surface area contributed by atoms with Gasteiger partial charge in [0.15, 0.2) is 0 Å². The third kappa shape index (κ3) is 8.25. The van der Waals surface area contributed by atoms with Gasteiger partial charge in [-0.15, -0.1) is 0 Å². The SMILES string of the molecule is C=C(/C=C/C=C/CCCCCCC1C=CC=C1)NC. The average Bonchev–Trinajstić information content (AvgIpc) is 2.93. The lowest BCUT2D eigenvalue weighted by Gasteiger charge is -2.04. The number of unbranched alkanes of at least 4 members (excludes halogenated alkanes) is 4. The van der Waals surface area contributed by atoms with Gasteiger partial charge >= 0.3 is 0 Å². The van der Waals surface area contributed by atoms with E-state index in [0.717, 1.165) is 5.70 Å². The Balaban J connectivity index is 1.89. The van der Waals surface area contributed by atoms with Gasteiger partial charge < -0.3 is 5.32 Å². The Bertz CT molecular complexity index is 346. The van der Waals surface area contributed by atoms with Gasteiger partial charge in [0, 0.05) is 12.7 Å². The molecule has 0 atom stereocenters. The molecular formula is C18H27N. The van der Waals surface area contributed by atoms with Crippen molar-refractivity contribution < 1.29 is 0 Å². The molecule has 0 fully saturated rings. The van der Waals surface area contributed by atoms with Gasteiger partial charge in [-0.25, -0.2) is 0 Å². The molecule has 0 bridgehead atoms. The molecule has 0 aromatic rings. The summed E-state index contributed by atoms with van der Waals surface area (Å²) in [5, 5.41) is 2.99. The zero-order valence-electron chi connectivity index (χ0n) is 12.1. The van der Waals surface area contributed by atoms with E-state index in [1.807, 2.05) is 19.2 Å². The largest absolute Gasteiger partial charge is 0.389 e. The van der Waals surface area contributed by atoms with E-state index >= 15 is 0 Å². The summed E-state index contributed by atoms with van der Waals surface area (Å²) in [6.07, 6.45) is 25.1. The van der Waals surface area contributed by atoms with Gasteiger partial charge in [-0.2, -0.15) is 0 Å². The van der Waals surface area contributed by atoms with Gasteiger partial charge in [-0.05, 0) is 31.3 Å². The third-order valence-corrected chi connectivity index (χ3v) is 3.35. The highest BCUT2D eigenvalue weighted by atomic mass is 14.8. The first-order chi connectivity index (χ1) is 9.33. The van der Waals surface area contributed by atoms with E-state index in [1.54, 1.807) is 0 Å². The van der Waals surface area contributed by atoms with Gasteiger partial charge in [-0.1, -0.05) is 68.4 Å². The molecule has 0 aromatic heterocycles. The average molecular weight is 257 g/mol. The molecule has 1 nitrogen and oxygen atoms in total. The predicted molar refractivity (Wildman–Crippen MR) is 86.0 cm³/mol. The summed E-state index contributed by atoms with van der Waals surface area (Å²) in [5.74, 6) is 0.713. The minimum Gasteiger partial charge on any atom is -0.389 e. The van der Waals surface area contributed by atoms with E-state index in [2.05, 4.69) is 48.4 Å². The molecule has 0 unspecified atom stereocenters. The topological polar surface area (TPSA) is 12.0 Å². The summed E-state index contributed by atoms with van der Waals surface area (Å²) in [6, 6.07) is 0. The maximum atomic E-state index is 3.83. The first kappa shape index (κ1) is 15.6. The van der Waals surface area contributed by atoms with Crippen molar-refractivity contribution in [3.63, 3.8) is 0 Å². The van der Waals surface area contributed by atoms with Crippen LogP contribution in [0.1, 0.15) is 38.5 Å². The second-order valence-corrected chi connectivity index (χ2v) is 4.99. The fraction of sp³-hybridized carbons (Fsp3) is 0.444. The van der Waals surface area contributed by atoms with E-state index in [-0.39, 0.29) is 0 Å². The number of nitrogens with one attached hydrogen (secondary N) is 1. The molecule has 1 rings (SSSR count). The normalized spacial score (nSPS) is 15.0. The van der Waals surface area contributed by atoms with Gasteiger partial charge in [0.05, 0.1) is 0 Å². The van der Waals surface area contributed by atoms with Crippen molar-refractivity contribution in [2.24, 2.45) is 5.92 Å². The van der Waals surface area contributed by atoms with E-state index in [0.29, 0.717) is 5.92 Å². The van der Waals surface area contributed by atoms with Crippen molar-refractivity contribution in [2.45, 2.75) is 38.5 Å². The molecule has 0 radical (unpaired) electrons. The van der Waals surface area contributed by atoms with E-state index in [9.17, 15) is 0 Å². The minimum atomic E-state index is 0.713. The molecule has 0 aliphatic heterocycles. The number of hydrogen-bond donors (Lipinski definition) is 1. The summed E-state index contributed by atoms with van der Waals surface area (Å²) in [4.78, 5) is 0. The lowest BCUT2D eigenvalue weighted by atomic mass is 10.0. The maximum Gasteiger partial charge on any atom is 0.0264 e. The zero-order valence-corrected chi connectivity index (χ0v) is 12.1. The molecule has 0 spiro atoms. The predicted octanol–water partition coefficient (Wildman–Crippen LogP) is 4.91. The van der Waals surface area contributed by atoms with Crippen molar-refractivity contribution in [1.29, 1.82) is 0 Å². The number of allylic oxidation sites excluding steroid dienone is 8. The molecule has 19 heavy (non-hydrogen) atoms. The van der Waals surface area contributed by atoms with Crippen LogP contribution in [0.4, 0.5) is 0 Å². The van der Waals surface area contributed by atoms with Crippen molar-refractivity contribution in [3.05, 3.63) is 60.9 Å². The lowest BCUT2D eigenvalue weighted by molar-refractivity contribution is 0.583. The van der Waals surface area contributed by atoms with Crippen LogP contribution < -0.4 is 5.32 Å². The summed E-state index contributed by atoms with van der Waals surface area (Å²) in [5.41, 5.74) is 0.944. The van der Waals surface area contributed by atoms with Crippen LogP contribution in [-0.4, -0.2) is 7.05 Å². The molecule has 0 amide bonds. The van der Waals surface area contributed by atoms with E-state index in [4.69, 9.17) is 0 Å². The van der Waals surface area contributed by atoms with Crippen LogP contribution in [0.3, 0.4) is 0 Å². The Hall–Kier alpha value is -1.50. The maximum absolute atomic E-state index is 3.83. The van der Waals surface area contributed by atoms with Crippen molar-refractivity contribution in [1.82, 2.24) is 5.32 Å². The zero-order chi connectivity index (χ0) is 13.8. The molecule has 0 heterocycles. The summed E-state index contributed by atoms with van der Waals surface area (Å²) < 4.78 is 0. The molecule has 1 heteroatoms. The van der Waals surface area contributed by atoms with Crippen LogP contribution in [-0.2, 0) is 0 Å². The minimum absolute atomic E-state index is 0.713. The highest BCUT2D eigenvalue weighted by molar-refractivity contribution is 5.17. The second kappa shape index (κ2) is 10.4. The number of hydrogen-bond acceptors (Lipinski definition) is 1. The van der Waals surface area contributed by atoms with Gasteiger partial charge in [0.1, 0.15) is 0 Å². The molecular weight excluding hydrogens is 230 g/mol. The fourth-order valence-electron chi connectivity index (χ4n) is 2.10. The van der Waals surface area contributed by atoms with Crippen LogP contribution in [0.5, 0.6) is 0 Å². The van der Waals surface area contributed by atoms with E-state index in [1.165, 1.54) is 38.5 Å². The van der Waals surface area contributed by atoms with Crippen LogP contribution in [0.25, 0.3) is 0 Å². The highest BCUT2D eigenvalue weighted by Gasteiger charge is 2.02. The first-order valence-corrected chi connectivity index (χ1v) is 7.38. The Morgan fingerprint density at radius 2 is 1.84 bits per heavy atom. The van der Waals surface area contributed by atoms with Gasteiger partial charge in [0.2, 0.25) is 0 Å². The van der Waals surface area contributed by atoms with Crippen molar-refractivity contribution in [3.8, 4) is 0 Å². The molecule has 1 aliphatic carbocycles. The molecule has 0 aromatic carbocycles. The summed E-state index contributed by atoms with van der Waals surface area (Å²) >= 11 is 0. The van der Waals surface area contributed by atoms with Crippen LogP contribution in [0.15, 0.2) is 60.9 Å². The second-order valence-electron chi connectivity index (χ2n) is 4.99. The Morgan fingerprint density at radius 1 is 1.11 bits per heavy atom. The Morgan fingerprint density at radius 3 is 2.58 bits per heavy atom. The standard InChI is InChI=1S/C18H27N/c1-17(19-2)13-9-7-5-3-4-6-8-10-14-18-15-11-12-16-18/h5,7,9,11-13,15-16,18-19H,1,3-4,6,8,10,14H2,2H3/b7-5+,13-9+. The van der Waals surface area contributed by atoms with Crippen LogP contribution in [0, 0.1) is 5.92 Å². The summed E-state index contributed by atoms with van der Waals surface area (Å²) in [6.45, 7) is 3.83. The Labute approximate surface area is 118 Å². The molecule has 104 valence electrons. The van der Waals surface area contributed by atoms with Crippen molar-refractivity contribution >= 4 is 0 Å². The quantitative estimate of drug-likeness (QED) is 0.433. The van der Waals surface area contributed by atoms with Gasteiger partial charge in [-0.3, -0.25) is 0 Å². The first-order valence-electron chi connectivity index (χ1n) is 7.38. The Kier molecular flexibility index (Phi) is 8.54. The monoisotopic (exact) mass is 257 g/mol. The summed E-state index contributed by atoms with van der Waals surface area (Å²) in [7, 11) is 1.88. The molecule has 1 N–H and O–H groups in total. The highest BCUT2D eigenvalue weighted by Crippen LogP contribution is 2.17. The van der Waals surface area contributed by atoms with Crippen LogP contribution in [0.2, 0.25) is 0 Å². The smallest absolute Gasteiger partial charge is 0.0264 e. The van der Waals surface area contributed by atoms with E-state index < -0.39 is 0 Å². The molecule has 1 aliphatic rings. The lowest BCUT2D eigenvalue weighted by Crippen LogP contribution is -1.99. The fourth-order valence-corrected chi connectivity index (χ4v) is 2.10. The van der Waals surface area contributed by atoms with Gasteiger partial charge in [0.25, 0.3) is 0 Å². The molecule has 0 saturated heterocycles. The van der Waals surface area contributed by atoms with Crippen molar-refractivity contribution in [2.75, 3.05) is 7.05 Å². The molecule has 0 saturated carbocycles. The number of likely N-dealkylation sites (N-methyl/N-ethyl adjacent to an activating group) is 1. The number of rotatable bonds is 10. The third-order valence-electron chi connectivity index (χ3n) is 3.35. The van der Waals surface area contributed by atoms with Crippen LogP contribution >= 0.6 is 0 Å².